The first kappa shape index (κ1) is 32.5. The first-order valence-corrected chi connectivity index (χ1v) is 16.3. The fourth-order valence-corrected chi connectivity index (χ4v) is 6.30. The Kier molecular flexibility index (Phi) is 16.6. The van der Waals surface area contributed by atoms with Crippen LogP contribution >= 0.6 is 0 Å². The molecule has 0 fully saturated rings. The molecule has 0 spiro atoms. The summed E-state index contributed by atoms with van der Waals surface area (Å²) in [4.78, 5) is 0. The minimum atomic E-state index is 0.0143. The van der Waals surface area contributed by atoms with Crippen molar-refractivity contribution in [3.8, 4) is 11.5 Å². The highest BCUT2D eigenvalue weighted by molar-refractivity contribution is 5.51. The topological polar surface area (TPSA) is 40.5 Å². The van der Waals surface area contributed by atoms with Crippen LogP contribution in [0.25, 0.3) is 0 Å². The Morgan fingerprint density at radius 1 is 0.737 bits per heavy atom. The van der Waals surface area contributed by atoms with Gasteiger partial charge in [-0.25, -0.2) is 0 Å². The van der Waals surface area contributed by atoms with Crippen LogP contribution in [-0.2, 0) is 6.42 Å². The SMILES string of the molecule is C=C(C)[C@@H]1CCC(C)=C[C@H]1c1c(O)cc(CCCCCCCCCCCCCCCCCCCC)cc1O. The predicted octanol–water partition coefficient (Wildman–Crippen LogP) is 11.7. The van der Waals surface area contributed by atoms with Gasteiger partial charge < -0.3 is 10.2 Å². The molecule has 0 aromatic heterocycles. The molecule has 2 nitrogen and oxygen atoms in total. The molecule has 2 rings (SSSR count). The molecule has 0 unspecified atom stereocenters. The largest absolute Gasteiger partial charge is 0.507 e. The quantitative estimate of drug-likeness (QED) is 0.124. The summed E-state index contributed by atoms with van der Waals surface area (Å²) in [7, 11) is 0. The second kappa shape index (κ2) is 19.4. The normalized spacial score (nSPS) is 17.5. The molecule has 0 heterocycles. The van der Waals surface area contributed by atoms with Crippen molar-refractivity contribution in [3.63, 3.8) is 0 Å². The molecule has 0 saturated carbocycles. The van der Waals surface area contributed by atoms with Crippen LogP contribution in [0.15, 0.2) is 35.9 Å². The number of rotatable bonds is 21. The molecule has 2 atom stereocenters. The van der Waals surface area contributed by atoms with Crippen molar-refractivity contribution in [2.75, 3.05) is 0 Å². The molecule has 0 bridgehead atoms. The predicted molar refractivity (Wildman–Crippen MR) is 166 cm³/mol. The molecule has 1 aromatic carbocycles. The van der Waals surface area contributed by atoms with Crippen LogP contribution in [0.2, 0.25) is 0 Å². The monoisotopic (exact) mass is 524 g/mol. The molecule has 1 aromatic rings. The Hall–Kier alpha value is -1.70. The second-order valence-electron chi connectivity index (χ2n) is 12.3. The summed E-state index contributed by atoms with van der Waals surface area (Å²) in [5.41, 5.74) is 4.18. The van der Waals surface area contributed by atoms with Crippen molar-refractivity contribution < 1.29 is 10.2 Å². The van der Waals surface area contributed by atoms with Crippen molar-refractivity contribution >= 4 is 0 Å². The van der Waals surface area contributed by atoms with E-state index in [9.17, 15) is 10.2 Å². The molecule has 0 radical (unpaired) electrons. The zero-order valence-electron chi connectivity index (χ0n) is 25.3. The lowest BCUT2D eigenvalue weighted by atomic mass is 9.73. The highest BCUT2D eigenvalue weighted by atomic mass is 16.3. The van der Waals surface area contributed by atoms with Crippen molar-refractivity contribution in [3.05, 3.63) is 47.1 Å². The van der Waals surface area contributed by atoms with E-state index in [1.165, 1.54) is 115 Å². The van der Waals surface area contributed by atoms with Crippen LogP contribution in [0.1, 0.15) is 166 Å². The highest BCUT2D eigenvalue weighted by Gasteiger charge is 2.30. The van der Waals surface area contributed by atoms with Crippen molar-refractivity contribution in [2.45, 2.75) is 162 Å². The molecule has 2 heteroatoms. The molecule has 0 aliphatic heterocycles. The second-order valence-corrected chi connectivity index (χ2v) is 12.3. The summed E-state index contributed by atoms with van der Waals surface area (Å²) in [6.07, 6.45) is 30.1. The standard InChI is InChI=1S/C36H60O2/c1-5-6-7-8-9-10-11-12-13-14-15-16-17-18-19-20-21-22-23-31-27-34(37)36(35(38)28-31)33-26-30(4)24-25-32(33)29(2)3/h26-28,32-33,37-38H,2,5-25H2,1,3-4H3/t32-,33+/m0/s1. The zero-order valence-corrected chi connectivity index (χ0v) is 25.3. The van der Waals surface area contributed by atoms with E-state index in [1.54, 1.807) is 0 Å². The van der Waals surface area contributed by atoms with Gasteiger partial charge in [0.2, 0.25) is 0 Å². The van der Waals surface area contributed by atoms with E-state index in [0.717, 1.165) is 36.8 Å². The summed E-state index contributed by atoms with van der Waals surface area (Å²) in [5, 5.41) is 21.7. The van der Waals surface area contributed by atoms with Gasteiger partial charge in [-0.05, 0) is 63.1 Å². The van der Waals surface area contributed by atoms with Crippen LogP contribution in [0.3, 0.4) is 0 Å². The average molecular weight is 525 g/mol. The van der Waals surface area contributed by atoms with Crippen molar-refractivity contribution in [2.24, 2.45) is 5.92 Å². The third kappa shape index (κ3) is 12.4. The third-order valence-electron chi connectivity index (χ3n) is 8.73. The Balaban J connectivity index is 1.53. The van der Waals surface area contributed by atoms with Gasteiger partial charge in [0.15, 0.2) is 0 Å². The smallest absolute Gasteiger partial charge is 0.123 e. The fourth-order valence-electron chi connectivity index (χ4n) is 6.30. The van der Waals surface area contributed by atoms with Crippen LogP contribution in [0, 0.1) is 5.92 Å². The van der Waals surface area contributed by atoms with Gasteiger partial charge in [0.1, 0.15) is 11.5 Å². The van der Waals surface area contributed by atoms with Crippen LogP contribution < -0.4 is 0 Å². The maximum absolute atomic E-state index is 10.8. The van der Waals surface area contributed by atoms with Crippen LogP contribution in [-0.4, -0.2) is 10.2 Å². The van der Waals surface area contributed by atoms with Gasteiger partial charge >= 0.3 is 0 Å². The summed E-state index contributed by atoms with van der Waals surface area (Å²) >= 11 is 0. The van der Waals surface area contributed by atoms with E-state index in [0.29, 0.717) is 5.56 Å². The number of phenols is 2. The molecule has 216 valence electrons. The van der Waals surface area contributed by atoms with E-state index < -0.39 is 0 Å². The minimum absolute atomic E-state index is 0.0143. The summed E-state index contributed by atoms with van der Waals surface area (Å²) in [6.45, 7) is 10.7. The maximum atomic E-state index is 10.8. The molecule has 0 amide bonds. The summed E-state index contributed by atoms with van der Waals surface area (Å²) in [5.74, 6) is 0.769. The molecular weight excluding hydrogens is 464 g/mol. The molecule has 1 aliphatic carbocycles. The summed E-state index contributed by atoms with van der Waals surface area (Å²) < 4.78 is 0. The molecule has 38 heavy (non-hydrogen) atoms. The number of aryl methyl sites for hydroxylation is 1. The van der Waals surface area contributed by atoms with Gasteiger partial charge in [0, 0.05) is 11.5 Å². The minimum Gasteiger partial charge on any atom is -0.507 e. The first-order chi connectivity index (χ1) is 18.4. The number of phenolic OH excluding ortho intramolecular Hbond substituents is 2. The van der Waals surface area contributed by atoms with Crippen molar-refractivity contribution in [1.82, 2.24) is 0 Å². The van der Waals surface area contributed by atoms with E-state index in [-0.39, 0.29) is 23.3 Å². The van der Waals surface area contributed by atoms with E-state index in [1.807, 2.05) is 12.1 Å². The van der Waals surface area contributed by atoms with Crippen molar-refractivity contribution in [1.29, 1.82) is 0 Å². The zero-order chi connectivity index (χ0) is 27.6. The lowest BCUT2D eigenvalue weighted by Crippen LogP contribution is -2.17. The Labute approximate surface area is 236 Å². The number of hydrogen-bond donors (Lipinski definition) is 2. The van der Waals surface area contributed by atoms with Gasteiger partial charge in [-0.1, -0.05) is 140 Å². The van der Waals surface area contributed by atoms with Gasteiger partial charge in [0.05, 0.1) is 0 Å². The number of aromatic hydroxyl groups is 2. The van der Waals surface area contributed by atoms with E-state index >= 15 is 0 Å². The third-order valence-corrected chi connectivity index (χ3v) is 8.73. The van der Waals surface area contributed by atoms with Gasteiger partial charge in [-0.3, -0.25) is 0 Å². The van der Waals surface area contributed by atoms with Crippen LogP contribution in [0.4, 0.5) is 0 Å². The molecule has 2 N–H and O–H groups in total. The number of hydrogen-bond acceptors (Lipinski definition) is 2. The number of unbranched alkanes of at least 4 members (excludes halogenated alkanes) is 17. The lowest BCUT2D eigenvalue weighted by Gasteiger charge is -2.31. The van der Waals surface area contributed by atoms with E-state index in [4.69, 9.17) is 0 Å². The number of benzene rings is 1. The summed E-state index contributed by atoms with van der Waals surface area (Å²) in [6, 6.07) is 3.77. The number of allylic oxidation sites excluding steroid dienone is 3. The average Bonchev–Trinajstić information content (AvgIpc) is 2.87. The Morgan fingerprint density at radius 3 is 1.58 bits per heavy atom. The van der Waals surface area contributed by atoms with Gasteiger partial charge in [-0.2, -0.15) is 0 Å². The highest BCUT2D eigenvalue weighted by Crippen LogP contribution is 2.46. The van der Waals surface area contributed by atoms with Gasteiger partial charge in [-0.15, -0.1) is 0 Å². The van der Waals surface area contributed by atoms with E-state index in [2.05, 4.69) is 33.4 Å². The fraction of sp³-hybridized carbons (Fsp3) is 0.722. The molecule has 1 aliphatic rings. The molecule has 0 saturated heterocycles. The Morgan fingerprint density at radius 2 is 1.16 bits per heavy atom. The van der Waals surface area contributed by atoms with Gasteiger partial charge in [0.25, 0.3) is 0 Å². The first-order valence-electron chi connectivity index (χ1n) is 16.3. The maximum Gasteiger partial charge on any atom is 0.123 e. The Bertz CT molecular complexity index is 798. The lowest BCUT2D eigenvalue weighted by molar-refractivity contribution is 0.406. The van der Waals surface area contributed by atoms with Crippen LogP contribution in [0.5, 0.6) is 11.5 Å². The molecular formula is C36H60O2.